The van der Waals surface area contributed by atoms with Crippen LogP contribution in [-0.4, -0.2) is 42.5 Å². The second-order valence-corrected chi connectivity index (χ2v) is 6.66. The average molecular weight is 395 g/mol. The number of aryl methyl sites for hydroxylation is 2. The molecule has 0 spiro atoms. The van der Waals surface area contributed by atoms with Gasteiger partial charge in [-0.3, -0.25) is 14.2 Å². The summed E-state index contributed by atoms with van der Waals surface area (Å²) in [7, 11) is 3.72. The minimum atomic E-state index is -0.963. The Labute approximate surface area is 166 Å². The molecule has 1 atom stereocenters. The van der Waals surface area contributed by atoms with Crippen LogP contribution >= 0.6 is 0 Å². The van der Waals surface area contributed by atoms with E-state index in [9.17, 15) is 4.79 Å². The minimum absolute atomic E-state index is 0.0245. The molecular formula is C18H21N9O2. The average Bonchev–Trinajstić information content (AvgIpc) is 3.42. The number of carbonyl (C=O) groups is 1. The van der Waals surface area contributed by atoms with Crippen LogP contribution in [0.5, 0.6) is 0 Å². The normalized spacial score (nSPS) is 18.2. The van der Waals surface area contributed by atoms with Crippen LogP contribution in [0.2, 0.25) is 0 Å². The molecule has 1 aliphatic heterocycles. The van der Waals surface area contributed by atoms with Gasteiger partial charge in [0.25, 0.3) is 5.89 Å². The van der Waals surface area contributed by atoms with E-state index >= 15 is 0 Å². The van der Waals surface area contributed by atoms with E-state index in [4.69, 9.17) is 4.42 Å². The van der Waals surface area contributed by atoms with Crippen LogP contribution < -0.4 is 16.0 Å². The summed E-state index contributed by atoms with van der Waals surface area (Å²) < 4.78 is 8.57. The highest BCUT2D eigenvalue weighted by Crippen LogP contribution is 2.23. The van der Waals surface area contributed by atoms with Gasteiger partial charge in [0.2, 0.25) is 5.79 Å². The van der Waals surface area contributed by atoms with Crippen LogP contribution in [0.4, 0.5) is 5.82 Å². The van der Waals surface area contributed by atoms with Crippen molar-refractivity contribution < 1.29 is 9.21 Å². The van der Waals surface area contributed by atoms with Gasteiger partial charge in [0, 0.05) is 38.5 Å². The molecule has 0 aliphatic carbocycles. The lowest BCUT2D eigenvalue weighted by molar-refractivity contribution is 0.0926. The number of nitrogens with zero attached hydrogens (tertiary/aromatic N) is 6. The maximum atomic E-state index is 12.3. The Morgan fingerprint density at radius 3 is 2.79 bits per heavy atom. The van der Waals surface area contributed by atoms with Gasteiger partial charge < -0.3 is 20.4 Å². The maximum absolute atomic E-state index is 12.3. The predicted molar refractivity (Wildman–Crippen MR) is 105 cm³/mol. The van der Waals surface area contributed by atoms with Crippen molar-refractivity contribution in [1.82, 2.24) is 35.2 Å². The number of carbonyl (C=O) groups excluding carboxylic acids is 1. The van der Waals surface area contributed by atoms with Crippen molar-refractivity contribution >= 4 is 17.9 Å². The van der Waals surface area contributed by atoms with Crippen molar-refractivity contribution in [2.75, 3.05) is 5.32 Å². The molecule has 4 rings (SSSR count). The van der Waals surface area contributed by atoms with Crippen molar-refractivity contribution in [2.24, 2.45) is 19.1 Å². The van der Waals surface area contributed by atoms with Gasteiger partial charge in [0.05, 0.1) is 18.6 Å². The highest BCUT2D eigenvalue weighted by molar-refractivity contribution is 5.91. The van der Waals surface area contributed by atoms with Crippen LogP contribution in [0.3, 0.4) is 0 Å². The Kier molecular flexibility index (Phi) is 4.63. The topological polar surface area (TPSA) is 127 Å². The molecule has 0 aromatic carbocycles. The van der Waals surface area contributed by atoms with Crippen molar-refractivity contribution in [3.8, 4) is 0 Å². The number of rotatable bonds is 6. The molecule has 0 radical (unpaired) electrons. The fourth-order valence-corrected chi connectivity index (χ4v) is 3.02. The van der Waals surface area contributed by atoms with E-state index in [1.165, 1.54) is 12.5 Å². The summed E-state index contributed by atoms with van der Waals surface area (Å²) in [6, 6.07) is 1.85. The SMILES string of the molecule is Cc1c(CC2(Nc3ccnn3C)N=CC=C(NC(=O)c3ncco3)N2)cnn1C. The number of aliphatic imine (C=N–C) groups is 1. The largest absolute Gasteiger partial charge is 0.441 e. The lowest BCUT2D eigenvalue weighted by Crippen LogP contribution is -2.56. The Hall–Kier alpha value is -3.89. The van der Waals surface area contributed by atoms with E-state index in [0.29, 0.717) is 12.2 Å². The van der Waals surface area contributed by atoms with Crippen LogP contribution in [0.15, 0.2) is 52.2 Å². The highest BCUT2D eigenvalue weighted by Gasteiger charge is 2.34. The third kappa shape index (κ3) is 3.74. The van der Waals surface area contributed by atoms with Crippen LogP contribution in [0.25, 0.3) is 0 Å². The molecule has 0 fully saturated rings. The predicted octanol–water partition coefficient (Wildman–Crippen LogP) is 0.704. The molecule has 1 amide bonds. The molecular weight excluding hydrogens is 374 g/mol. The third-order valence-electron chi connectivity index (χ3n) is 4.69. The number of hydrogen-bond donors (Lipinski definition) is 3. The molecule has 150 valence electrons. The maximum Gasteiger partial charge on any atom is 0.312 e. The number of nitrogens with one attached hydrogen (secondary N) is 3. The summed E-state index contributed by atoms with van der Waals surface area (Å²) in [5.74, 6) is -0.231. The van der Waals surface area contributed by atoms with E-state index in [0.717, 1.165) is 17.1 Å². The summed E-state index contributed by atoms with van der Waals surface area (Å²) in [5, 5.41) is 17.9. The van der Waals surface area contributed by atoms with Crippen molar-refractivity contribution in [2.45, 2.75) is 19.1 Å². The third-order valence-corrected chi connectivity index (χ3v) is 4.69. The molecule has 3 aromatic rings. The number of amides is 1. The number of aromatic nitrogens is 5. The first-order valence-corrected chi connectivity index (χ1v) is 8.94. The molecule has 1 unspecified atom stereocenters. The van der Waals surface area contributed by atoms with Crippen molar-refractivity contribution in [3.05, 3.63) is 60.0 Å². The Balaban J connectivity index is 1.61. The van der Waals surface area contributed by atoms with Gasteiger partial charge in [-0.1, -0.05) is 0 Å². The number of anilines is 1. The summed E-state index contributed by atoms with van der Waals surface area (Å²) in [6.07, 6.45) is 10.0. The summed E-state index contributed by atoms with van der Waals surface area (Å²) in [5.41, 5.74) is 2.03. The fourth-order valence-electron chi connectivity index (χ4n) is 3.02. The van der Waals surface area contributed by atoms with Gasteiger partial charge in [0.1, 0.15) is 17.9 Å². The smallest absolute Gasteiger partial charge is 0.312 e. The summed E-state index contributed by atoms with van der Waals surface area (Å²) in [6.45, 7) is 1.99. The highest BCUT2D eigenvalue weighted by atomic mass is 16.3. The lowest BCUT2D eigenvalue weighted by atomic mass is 10.1. The monoisotopic (exact) mass is 395 g/mol. The molecule has 4 heterocycles. The molecule has 0 bridgehead atoms. The first kappa shape index (κ1) is 18.5. The zero-order valence-corrected chi connectivity index (χ0v) is 16.2. The Bertz CT molecular complexity index is 1080. The molecule has 1 aliphatic rings. The second kappa shape index (κ2) is 7.26. The lowest BCUT2D eigenvalue weighted by Gasteiger charge is -2.36. The van der Waals surface area contributed by atoms with Gasteiger partial charge in [-0.25, -0.2) is 9.98 Å². The van der Waals surface area contributed by atoms with E-state index in [1.807, 2.05) is 33.3 Å². The number of oxazole rings is 1. The van der Waals surface area contributed by atoms with Crippen LogP contribution in [0.1, 0.15) is 21.9 Å². The first-order chi connectivity index (χ1) is 14.0. The van der Waals surface area contributed by atoms with Crippen molar-refractivity contribution in [1.29, 1.82) is 0 Å². The zero-order valence-electron chi connectivity index (χ0n) is 16.2. The summed E-state index contributed by atoms with van der Waals surface area (Å²) in [4.78, 5) is 20.8. The molecule has 0 saturated heterocycles. The standard InChI is InChI=1S/C18H21N9O2/c1-12-13(11-22-26(12)2)10-18(25-15-5-7-21-27(15)3)20-6-4-14(24-18)23-16(28)17-19-8-9-29-17/h4-9,11,24-25H,10H2,1-3H3,(H,23,28). The van der Waals surface area contributed by atoms with Gasteiger partial charge in [-0.2, -0.15) is 10.2 Å². The zero-order chi connectivity index (χ0) is 20.4. The minimum Gasteiger partial charge on any atom is -0.441 e. The van der Waals surface area contributed by atoms with E-state index in [1.54, 1.807) is 27.9 Å². The van der Waals surface area contributed by atoms with Gasteiger partial charge in [-0.15, -0.1) is 0 Å². The molecule has 3 aromatic heterocycles. The second-order valence-electron chi connectivity index (χ2n) is 6.66. The van der Waals surface area contributed by atoms with Gasteiger partial charge in [0.15, 0.2) is 0 Å². The molecule has 29 heavy (non-hydrogen) atoms. The first-order valence-electron chi connectivity index (χ1n) is 8.94. The van der Waals surface area contributed by atoms with Gasteiger partial charge >= 0.3 is 5.91 Å². The van der Waals surface area contributed by atoms with E-state index < -0.39 is 11.7 Å². The fraction of sp³-hybridized carbons (Fsp3) is 0.278. The molecule has 11 nitrogen and oxygen atoms in total. The molecule has 11 heteroatoms. The Morgan fingerprint density at radius 2 is 2.14 bits per heavy atom. The quantitative estimate of drug-likeness (QED) is 0.561. The van der Waals surface area contributed by atoms with E-state index in [-0.39, 0.29) is 5.89 Å². The number of hydrogen-bond acceptors (Lipinski definition) is 8. The van der Waals surface area contributed by atoms with Gasteiger partial charge in [-0.05, 0) is 18.6 Å². The van der Waals surface area contributed by atoms with Crippen molar-refractivity contribution in [3.63, 3.8) is 0 Å². The van der Waals surface area contributed by atoms with E-state index in [2.05, 4.69) is 36.1 Å². The Morgan fingerprint density at radius 1 is 1.28 bits per heavy atom. The summed E-state index contributed by atoms with van der Waals surface area (Å²) >= 11 is 0. The van der Waals surface area contributed by atoms with Crippen LogP contribution in [-0.2, 0) is 20.5 Å². The van der Waals surface area contributed by atoms with Crippen LogP contribution in [0, 0.1) is 6.92 Å². The molecule has 0 saturated carbocycles. The molecule has 3 N–H and O–H groups in total. The number of allylic oxidation sites excluding steroid dienone is 1.